The molecule has 1 heterocycles. The zero-order chi connectivity index (χ0) is 16.2. The zero-order valence-electron chi connectivity index (χ0n) is 13.8. The normalized spacial score (nSPS) is 19.9. The van der Waals surface area contributed by atoms with Gasteiger partial charge in [-0.3, -0.25) is 0 Å². The Balaban J connectivity index is 2.57. The molecule has 5 heteroatoms. The Morgan fingerprint density at radius 2 is 1.52 bits per heavy atom. The predicted octanol–water partition coefficient (Wildman–Crippen LogP) is 2.61. The van der Waals surface area contributed by atoms with E-state index in [1.807, 2.05) is 54.5 Å². The number of carboxylic acid groups (broad SMARTS) is 1. The van der Waals surface area contributed by atoms with Crippen LogP contribution in [0.5, 0.6) is 0 Å². The van der Waals surface area contributed by atoms with Gasteiger partial charge in [-0.1, -0.05) is 11.6 Å². The highest BCUT2D eigenvalue weighted by Crippen LogP contribution is 2.37. The molecular weight excluding hydrogens is 267 g/mol. The highest BCUT2D eigenvalue weighted by molar-refractivity contribution is 6.63. The first-order valence-electron chi connectivity index (χ1n) is 7.17. The van der Waals surface area contributed by atoms with Gasteiger partial charge in [0.25, 0.3) is 0 Å². The zero-order valence-corrected chi connectivity index (χ0v) is 13.8. The lowest BCUT2D eigenvalue weighted by Gasteiger charge is -2.32. The molecule has 1 aromatic rings. The highest BCUT2D eigenvalue weighted by Gasteiger charge is 2.52. The number of aromatic carboxylic acids is 1. The molecule has 4 nitrogen and oxygen atoms in total. The van der Waals surface area contributed by atoms with Crippen LogP contribution < -0.4 is 5.46 Å². The molecule has 1 N–H and O–H groups in total. The summed E-state index contributed by atoms with van der Waals surface area (Å²) in [4.78, 5) is 11.5. The van der Waals surface area contributed by atoms with Crippen molar-refractivity contribution >= 4 is 18.6 Å². The second-order valence-electron chi connectivity index (χ2n) is 6.82. The summed E-state index contributed by atoms with van der Waals surface area (Å²) in [7, 11) is -0.534. The van der Waals surface area contributed by atoms with Crippen LogP contribution in [-0.4, -0.2) is 29.4 Å². The minimum Gasteiger partial charge on any atom is -0.478 e. The smallest absolute Gasteiger partial charge is 0.478 e. The Labute approximate surface area is 126 Å². The summed E-state index contributed by atoms with van der Waals surface area (Å²) >= 11 is 0. The van der Waals surface area contributed by atoms with Crippen LogP contribution in [0.3, 0.4) is 0 Å². The lowest BCUT2D eigenvalue weighted by molar-refractivity contribution is 0.00578. The summed E-state index contributed by atoms with van der Waals surface area (Å²) in [6.45, 7) is 13.6. The van der Waals surface area contributed by atoms with Crippen molar-refractivity contribution in [3.8, 4) is 0 Å². The fourth-order valence-electron chi connectivity index (χ4n) is 2.85. The molecule has 0 saturated carbocycles. The van der Waals surface area contributed by atoms with Crippen molar-refractivity contribution in [1.82, 2.24) is 0 Å². The third-order valence-corrected chi connectivity index (χ3v) is 4.73. The molecule has 0 atom stereocenters. The van der Waals surface area contributed by atoms with Gasteiger partial charge in [0.2, 0.25) is 0 Å². The lowest BCUT2D eigenvalue weighted by atomic mass is 9.71. The summed E-state index contributed by atoms with van der Waals surface area (Å²) in [5, 5.41) is 9.43. The second-order valence-corrected chi connectivity index (χ2v) is 6.82. The fraction of sp³-hybridized carbons (Fsp3) is 0.562. The molecule has 114 valence electrons. The molecule has 1 fully saturated rings. The molecular formula is C16H23BO4. The summed E-state index contributed by atoms with van der Waals surface area (Å²) in [6, 6.07) is 1.89. The summed E-state index contributed by atoms with van der Waals surface area (Å²) in [5.74, 6) is -0.914. The van der Waals surface area contributed by atoms with Gasteiger partial charge in [-0.05, 0) is 65.1 Å². The van der Waals surface area contributed by atoms with Crippen LogP contribution in [0.25, 0.3) is 0 Å². The minimum absolute atomic E-state index is 0.338. The average molecular weight is 290 g/mol. The van der Waals surface area contributed by atoms with Crippen molar-refractivity contribution in [2.45, 2.75) is 59.7 Å². The van der Waals surface area contributed by atoms with Crippen LogP contribution in [0.1, 0.15) is 54.7 Å². The molecule has 1 aromatic carbocycles. The number of aryl methyl sites for hydroxylation is 2. The number of rotatable bonds is 2. The van der Waals surface area contributed by atoms with E-state index in [1.165, 1.54) is 0 Å². The number of carboxylic acids is 1. The molecule has 1 aliphatic rings. The van der Waals surface area contributed by atoms with Crippen LogP contribution in [-0.2, 0) is 9.31 Å². The van der Waals surface area contributed by atoms with Gasteiger partial charge in [0.05, 0.1) is 16.8 Å². The predicted molar refractivity (Wildman–Crippen MR) is 83.3 cm³/mol. The molecule has 0 aliphatic carbocycles. The number of benzene rings is 1. The van der Waals surface area contributed by atoms with E-state index in [1.54, 1.807) is 0 Å². The molecule has 1 saturated heterocycles. The first-order valence-corrected chi connectivity index (χ1v) is 7.17. The maximum atomic E-state index is 11.5. The van der Waals surface area contributed by atoms with E-state index in [4.69, 9.17) is 9.31 Å². The van der Waals surface area contributed by atoms with E-state index < -0.39 is 24.3 Å². The number of hydrogen-bond acceptors (Lipinski definition) is 3. The molecule has 0 bridgehead atoms. The van der Waals surface area contributed by atoms with E-state index in [9.17, 15) is 9.90 Å². The van der Waals surface area contributed by atoms with Crippen LogP contribution in [0.2, 0.25) is 0 Å². The molecule has 21 heavy (non-hydrogen) atoms. The highest BCUT2D eigenvalue weighted by atomic mass is 16.7. The van der Waals surface area contributed by atoms with Gasteiger partial charge >= 0.3 is 13.1 Å². The Morgan fingerprint density at radius 3 is 1.95 bits per heavy atom. The monoisotopic (exact) mass is 290 g/mol. The largest absolute Gasteiger partial charge is 0.495 e. The maximum Gasteiger partial charge on any atom is 0.495 e. The molecule has 0 unspecified atom stereocenters. The van der Waals surface area contributed by atoms with E-state index in [0.29, 0.717) is 5.56 Å². The topological polar surface area (TPSA) is 55.8 Å². The third kappa shape index (κ3) is 2.49. The van der Waals surface area contributed by atoms with E-state index in [2.05, 4.69) is 0 Å². The molecule has 0 aromatic heterocycles. The van der Waals surface area contributed by atoms with Crippen LogP contribution in [0.15, 0.2) is 6.07 Å². The van der Waals surface area contributed by atoms with Crippen LogP contribution in [0.4, 0.5) is 0 Å². The number of carbonyl (C=O) groups is 1. The molecule has 0 spiro atoms. The SMILES string of the molecule is Cc1cc(C)c(C(=O)O)c(C)c1B1OC(C)(C)C(C)(C)O1. The fourth-order valence-corrected chi connectivity index (χ4v) is 2.85. The van der Waals surface area contributed by atoms with E-state index in [-0.39, 0.29) is 0 Å². The van der Waals surface area contributed by atoms with Gasteiger partial charge in [-0.25, -0.2) is 4.79 Å². The van der Waals surface area contributed by atoms with Crippen LogP contribution >= 0.6 is 0 Å². The van der Waals surface area contributed by atoms with Gasteiger partial charge in [0.15, 0.2) is 0 Å². The van der Waals surface area contributed by atoms with Crippen LogP contribution in [0, 0.1) is 20.8 Å². The third-order valence-electron chi connectivity index (χ3n) is 4.73. The second kappa shape index (κ2) is 4.85. The van der Waals surface area contributed by atoms with Gasteiger partial charge in [0.1, 0.15) is 0 Å². The molecule has 0 amide bonds. The van der Waals surface area contributed by atoms with Crippen molar-refractivity contribution < 1.29 is 19.2 Å². The number of hydrogen-bond donors (Lipinski definition) is 1. The minimum atomic E-state index is -0.914. The summed E-state index contributed by atoms with van der Waals surface area (Å²) < 4.78 is 12.1. The molecule has 0 radical (unpaired) electrons. The van der Waals surface area contributed by atoms with Crippen molar-refractivity contribution in [2.24, 2.45) is 0 Å². The van der Waals surface area contributed by atoms with Crippen molar-refractivity contribution in [2.75, 3.05) is 0 Å². The standard InChI is InChI=1S/C16H23BO4/c1-9-8-10(2)13(11(3)12(9)14(18)19)17-20-15(4,5)16(6,7)21-17/h8H,1-7H3,(H,18,19). The van der Waals surface area contributed by atoms with Gasteiger partial charge in [-0.15, -0.1) is 0 Å². The van der Waals surface area contributed by atoms with Gasteiger partial charge in [0, 0.05) is 0 Å². The molecule has 2 rings (SSSR count). The average Bonchev–Trinajstić information content (AvgIpc) is 2.45. The van der Waals surface area contributed by atoms with Crippen molar-refractivity contribution in [1.29, 1.82) is 0 Å². The van der Waals surface area contributed by atoms with E-state index in [0.717, 1.165) is 22.2 Å². The summed E-state index contributed by atoms with van der Waals surface area (Å²) in [6.07, 6.45) is 0. The Kier molecular flexibility index (Phi) is 3.71. The Hall–Kier alpha value is -1.33. The Morgan fingerprint density at radius 1 is 1.05 bits per heavy atom. The van der Waals surface area contributed by atoms with Crippen molar-refractivity contribution in [3.05, 3.63) is 28.3 Å². The van der Waals surface area contributed by atoms with Crippen molar-refractivity contribution in [3.63, 3.8) is 0 Å². The maximum absolute atomic E-state index is 11.5. The molecule has 1 aliphatic heterocycles. The Bertz CT molecular complexity index is 589. The van der Waals surface area contributed by atoms with Gasteiger partial charge in [-0.2, -0.15) is 0 Å². The lowest BCUT2D eigenvalue weighted by Crippen LogP contribution is -2.41. The van der Waals surface area contributed by atoms with E-state index >= 15 is 0 Å². The first-order chi connectivity index (χ1) is 9.48. The quantitative estimate of drug-likeness (QED) is 0.851. The van der Waals surface area contributed by atoms with Gasteiger partial charge < -0.3 is 14.4 Å². The first kappa shape index (κ1) is 16.1. The summed E-state index contributed by atoms with van der Waals surface area (Å²) in [5.41, 5.74) is 2.77.